The lowest BCUT2D eigenvalue weighted by Gasteiger charge is -2.06. The molecule has 3 N–H and O–H groups in total. The third-order valence-electron chi connectivity index (χ3n) is 2.58. The zero-order valence-corrected chi connectivity index (χ0v) is 8.49. The van der Waals surface area contributed by atoms with Gasteiger partial charge >= 0.3 is 0 Å². The normalized spacial score (nSPS) is 24.0. The number of H-pyrrole nitrogens is 1. The summed E-state index contributed by atoms with van der Waals surface area (Å²) < 4.78 is 5.54. The van der Waals surface area contributed by atoms with Crippen molar-refractivity contribution in [2.75, 3.05) is 6.61 Å². The van der Waals surface area contributed by atoms with Crippen LogP contribution in [0.5, 0.6) is 0 Å². The molecular weight excluding hydrogens is 178 g/mol. The first-order valence-electron chi connectivity index (χ1n) is 5.16. The molecule has 2 heterocycles. The Kier molecular flexibility index (Phi) is 2.84. The maximum Gasteiger partial charge on any atom is 0.108 e. The maximum atomic E-state index is 5.73. The van der Waals surface area contributed by atoms with Gasteiger partial charge in [0.25, 0.3) is 0 Å². The van der Waals surface area contributed by atoms with E-state index in [4.69, 9.17) is 10.5 Å². The van der Waals surface area contributed by atoms with E-state index in [1.165, 1.54) is 6.42 Å². The molecule has 14 heavy (non-hydrogen) atoms. The summed E-state index contributed by atoms with van der Waals surface area (Å²) in [6.07, 6.45) is 5.36. The molecule has 2 rings (SSSR count). The lowest BCUT2D eigenvalue weighted by atomic mass is 10.2. The highest BCUT2D eigenvalue weighted by molar-refractivity contribution is 5.05. The number of hydrogen-bond donors (Lipinski definition) is 2. The summed E-state index contributed by atoms with van der Waals surface area (Å²) in [4.78, 5) is 7.51. The molecule has 0 aliphatic carbocycles. The molecule has 4 heteroatoms. The van der Waals surface area contributed by atoms with Gasteiger partial charge in [-0.15, -0.1) is 0 Å². The second-order valence-corrected chi connectivity index (χ2v) is 3.91. The molecule has 1 aromatic heterocycles. The molecule has 2 atom stereocenters. The Hall–Kier alpha value is -0.870. The highest BCUT2D eigenvalue weighted by Gasteiger charge is 2.17. The van der Waals surface area contributed by atoms with Crippen molar-refractivity contribution in [3.63, 3.8) is 0 Å². The molecule has 1 aromatic rings. The molecule has 0 saturated carbocycles. The van der Waals surface area contributed by atoms with Crippen LogP contribution < -0.4 is 5.73 Å². The van der Waals surface area contributed by atoms with E-state index >= 15 is 0 Å². The zero-order chi connectivity index (χ0) is 9.97. The lowest BCUT2D eigenvalue weighted by molar-refractivity contribution is 0.110. The average Bonchev–Trinajstić information content (AvgIpc) is 2.75. The molecule has 0 bridgehead atoms. The number of imidazole rings is 1. The smallest absolute Gasteiger partial charge is 0.108 e. The van der Waals surface area contributed by atoms with Crippen LogP contribution in [-0.4, -0.2) is 22.7 Å². The Labute approximate surface area is 83.9 Å². The minimum atomic E-state index is 0.0285. The summed E-state index contributed by atoms with van der Waals surface area (Å²) in [6.45, 7) is 2.84. The van der Waals surface area contributed by atoms with E-state index in [9.17, 15) is 0 Å². The van der Waals surface area contributed by atoms with E-state index in [2.05, 4.69) is 9.97 Å². The zero-order valence-electron chi connectivity index (χ0n) is 8.49. The molecule has 1 aliphatic heterocycles. The molecule has 2 unspecified atom stereocenters. The number of hydrogen-bond acceptors (Lipinski definition) is 3. The second kappa shape index (κ2) is 4.11. The first-order chi connectivity index (χ1) is 6.75. The molecule has 0 spiro atoms. The Bertz CT molecular complexity index is 289. The van der Waals surface area contributed by atoms with Crippen LogP contribution in [0, 0.1) is 0 Å². The van der Waals surface area contributed by atoms with Crippen LogP contribution in [0.4, 0.5) is 0 Å². The highest BCUT2D eigenvalue weighted by atomic mass is 16.5. The van der Waals surface area contributed by atoms with Gasteiger partial charge in [-0.25, -0.2) is 4.98 Å². The van der Waals surface area contributed by atoms with E-state index in [-0.39, 0.29) is 6.04 Å². The summed E-state index contributed by atoms with van der Waals surface area (Å²) in [5.41, 5.74) is 6.73. The number of nitrogens with one attached hydrogen (secondary N) is 1. The summed E-state index contributed by atoms with van der Waals surface area (Å²) in [5, 5.41) is 0. The van der Waals surface area contributed by atoms with Crippen LogP contribution in [0.3, 0.4) is 0 Å². The Balaban J connectivity index is 1.95. The molecule has 1 fully saturated rings. The van der Waals surface area contributed by atoms with Gasteiger partial charge in [0.2, 0.25) is 0 Å². The fraction of sp³-hybridized carbons (Fsp3) is 0.700. The molecule has 1 aliphatic rings. The second-order valence-electron chi connectivity index (χ2n) is 3.91. The first-order valence-corrected chi connectivity index (χ1v) is 5.16. The SMILES string of the molecule is CC(N)c1cnc(CC2CCCO2)[nH]1. The fourth-order valence-electron chi connectivity index (χ4n) is 1.73. The van der Waals surface area contributed by atoms with Gasteiger partial charge < -0.3 is 15.5 Å². The predicted molar refractivity (Wildman–Crippen MR) is 53.9 cm³/mol. The topological polar surface area (TPSA) is 63.9 Å². The summed E-state index contributed by atoms with van der Waals surface area (Å²) in [6, 6.07) is 0.0285. The Morgan fingerprint density at radius 3 is 3.21 bits per heavy atom. The van der Waals surface area contributed by atoms with Crippen molar-refractivity contribution in [2.45, 2.75) is 38.3 Å². The van der Waals surface area contributed by atoms with E-state index in [0.717, 1.165) is 31.0 Å². The van der Waals surface area contributed by atoms with E-state index in [0.29, 0.717) is 6.10 Å². The van der Waals surface area contributed by atoms with Crippen molar-refractivity contribution < 1.29 is 4.74 Å². The van der Waals surface area contributed by atoms with Gasteiger partial charge in [-0.1, -0.05) is 0 Å². The summed E-state index contributed by atoms with van der Waals surface area (Å²) in [5.74, 6) is 0.990. The molecule has 78 valence electrons. The molecule has 4 nitrogen and oxygen atoms in total. The van der Waals surface area contributed by atoms with Crippen LogP contribution in [0.2, 0.25) is 0 Å². The van der Waals surface area contributed by atoms with Crippen LogP contribution in [0.25, 0.3) is 0 Å². The number of nitrogens with zero attached hydrogens (tertiary/aromatic N) is 1. The number of aromatic amines is 1. The van der Waals surface area contributed by atoms with Gasteiger partial charge in [0, 0.05) is 25.3 Å². The predicted octanol–water partition coefficient (Wildman–Crippen LogP) is 1.15. The van der Waals surface area contributed by atoms with Crippen molar-refractivity contribution in [2.24, 2.45) is 5.73 Å². The van der Waals surface area contributed by atoms with Crippen molar-refractivity contribution in [3.05, 3.63) is 17.7 Å². The number of aromatic nitrogens is 2. The summed E-state index contributed by atoms with van der Waals surface area (Å²) >= 11 is 0. The lowest BCUT2D eigenvalue weighted by Crippen LogP contribution is -2.10. The van der Waals surface area contributed by atoms with Gasteiger partial charge in [-0.2, -0.15) is 0 Å². The third-order valence-corrected chi connectivity index (χ3v) is 2.58. The third kappa shape index (κ3) is 2.13. The molecule has 1 saturated heterocycles. The molecular formula is C10H17N3O. The standard InChI is InChI=1S/C10H17N3O/c1-7(11)9-6-12-10(13-9)5-8-3-2-4-14-8/h6-8H,2-5,11H2,1H3,(H,12,13). The van der Waals surface area contributed by atoms with Crippen LogP contribution in [0.15, 0.2) is 6.20 Å². The molecule has 0 radical (unpaired) electrons. The van der Waals surface area contributed by atoms with Crippen LogP contribution in [0.1, 0.15) is 37.3 Å². The van der Waals surface area contributed by atoms with E-state index < -0.39 is 0 Å². The number of ether oxygens (including phenoxy) is 1. The summed E-state index contributed by atoms with van der Waals surface area (Å²) in [7, 11) is 0. The first kappa shape index (κ1) is 9.68. The van der Waals surface area contributed by atoms with Gasteiger partial charge in [0.05, 0.1) is 11.8 Å². The van der Waals surface area contributed by atoms with Gasteiger partial charge in [0.1, 0.15) is 5.82 Å². The molecule has 0 aromatic carbocycles. The Morgan fingerprint density at radius 2 is 2.64 bits per heavy atom. The molecule has 0 amide bonds. The minimum Gasteiger partial charge on any atom is -0.378 e. The van der Waals surface area contributed by atoms with Crippen molar-refractivity contribution in [1.29, 1.82) is 0 Å². The van der Waals surface area contributed by atoms with E-state index in [1.807, 2.05) is 13.1 Å². The Morgan fingerprint density at radius 1 is 1.79 bits per heavy atom. The van der Waals surface area contributed by atoms with Crippen molar-refractivity contribution >= 4 is 0 Å². The maximum absolute atomic E-state index is 5.73. The highest BCUT2D eigenvalue weighted by Crippen LogP contribution is 2.16. The largest absolute Gasteiger partial charge is 0.378 e. The van der Waals surface area contributed by atoms with Crippen molar-refractivity contribution in [1.82, 2.24) is 9.97 Å². The minimum absolute atomic E-state index is 0.0285. The van der Waals surface area contributed by atoms with Crippen LogP contribution in [-0.2, 0) is 11.2 Å². The van der Waals surface area contributed by atoms with Gasteiger partial charge in [-0.3, -0.25) is 0 Å². The van der Waals surface area contributed by atoms with Crippen molar-refractivity contribution in [3.8, 4) is 0 Å². The number of rotatable bonds is 3. The van der Waals surface area contributed by atoms with Gasteiger partial charge in [-0.05, 0) is 19.8 Å². The quantitative estimate of drug-likeness (QED) is 0.760. The average molecular weight is 195 g/mol. The number of nitrogens with two attached hydrogens (primary N) is 1. The van der Waals surface area contributed by atoms with Gasteiger partial charge in [0.15, 0.2) is 0 Å². The monoisotopic (exact) mass is 195 g/mol. The van der Waals surface area contributed by atoms with Crippen LogP contribution >= 0.6 is 0 Å². The van der Waals surface area contributed by atoms with E-state index in [1.54, 1.807) is 0 Å². The fourth-order valence-corrected chi connectivity index (χ4v) is 1.73.